The van der Waals surface area contributed by atoms with E-state index in [1.54, 1.807) is 4.57 Å². The number of nitrogens with one attached hydrogen (secondary N) is 1. The van der Waals surface area contributed by atoms with E-state index in [0.29, 0.717) is 24.0 Å². The molecule has 17 heavy (non-hydrogen) atoms. The minimum Gasteiger partial charge on any atom is -0.291 e. The molecule has 1 aliphatic heterocycles. The highest BCUT2D eigenvalue weighted by Crippen LogP contribution is 2.24. The summed E-state index contributed by atoms with van der Waals surface area (Å²) in [6.45, 7) is 1.95. The number of likely N-dealkylation sites (tertiary alicyclic amines) is 1. The number of aryl methyl sites for hydroxylation is 1. The fourth-order valence-electron chi connectivity index (χ4n) is 2.05. The summed E-state index contributed by atoms with van der Waals surface area (Å²) in [4.78, 5) is 24.6. The molecule has 2 amide bonds. The van der Waals surface area contributed by atoms with Crippen molar-refractivity contribution in [1.82, 2.24) is 19.7 Å². The van der Waals surface area contributed by atoms with Crippen LogP contribution in [0.5, 0.6) is 0 Å². The van der Waals surface area contributed by atoms with Gasteiger partial charge in [0.1, 0.15) is 11.9 Å². The number of nitrogens with zero attached hydrogens (tertiary/aromatic N) is 3. The number of imide groups is 1. The molecule has 1 aromatic heterocycles. The van der Waals surface area contributed by atoms with Crippen molar-refractivity contribution in [3.05, 3.63) is 10.6 Å². The number of carbonyl (C=O) groups is 2. The number of H-pyrrole nitrogens is 1. The zero-order valence-corrected chi connectivity index (χ0v) is 10.6. The summed E-state index contributed by atoms with van der Waals surface area (Å²) < 4.78 is 2.16. The van der Waals surface area contributed by atoms with Crippen LogP contribution in [0.3, 0.4) is 0 Å². The lowest BCUT2D eigenvalue weighted by Gasteiger charge is -2.28. The number of piperidine rings is 1. The number of rotatable bonds is 2. The van der Waals surface area contributed by atoms with Gasteiger partial charge in [-0.1, -0.05) is 6.92 Å². The number of aromatic amines is 1. The van der Waals surface area contributed by atoms with Crippen LogP contribution in [0, 0.1) is 4.77 Å². The van der Waals surface area contributed by atoms with Crippen LogP contribution >= 0.6 is 12.2 Å². The minimum absolute atomic E-state index is 0.140. The first-order valence-electron chi connectivity index (χ1n) is 5.52. The van der Waals surface area contributed by atoms with Gasteiger partial charge in [0.2, 0.25) is 5.91 Å². The lowest BCUT2D eigenvalue weighted by Crippen LogP contribution is -2.43. The molecule has 0 aliphatic carbocycles. The van der Waals surface area contributed by atoms with Gasteiger partial charge in [0.15, 0.2) is 4.77 Å². The van der Waals surface area contributed by atoms with Crippen LogP contribution in [0.15, 0.2) is 0 Å². The second kappa shape index (κ2) is 4.40. The monoisotopic (exact) mass is 254 g/mol. The maximum absolute atomic E-state index is 12.1. The van der Waals surface area contributed by atoms with Crippen LogP contribution in [0.4, 0.5) is 0 Å². The third-order valence-corrected chi connectivity index (χ3v) is 3.31. The third kappa shape index (κ3) is 1.90. The second-order valence-electron chi connectivity index (χ2n) is 4.01. The van der Waals surface area contributed by atoms with Gasteiger partial charge < -0.3 is 0 Å². The highest BCUT2D eigenvalue weighted by molar-refractivity contribution is 7.71. The maximum Gasteiger partial charge on any atom is 0.252 e. The topological polar surface area (TPSA) is 71.0 Å². The molecule has 1 N–H and O–H groups in total. The van der Waals surface area contributed by atoms with Crippen molar-refractivity contribution >= 4 is 24.0 Å². The summed E-state index contributed by atoms with van der Waals surface area (Å²) in [7, 11) is 1.51. The molecule has 1 unspecified atom stereocenters. The van der Waals surface area contributed by atoms with Crippen molar-refractivity contribution in [1.29, 1.82) is 0 Å². The van der Waals surface area contributed by atoms with Gasteiger partial charge in [0.05, 0.1) is 0 Å². The van der Waals surface area contributed by atoms with Crippen molar-refractivity contribution < 1.29 is 9.59 Å². The van der Waals surface area contributed by atoms with Gasteiger partial charge in [-0.05, 0) is 18.6 Å². The summed E-state index contributed by atoms with van der Waals surface area (Å²) in [5.41, 5.74) is 0. The van der Waals surface area contributed by atoms with E-state index in [9.17, 15) is 9.59 Å². The summed E-state index contributed by atoms with van der Waals surface area (Å²) in [5.74, 6) is 0.392. The molecule has 1 aromatic rings. The number of carbonyl (C=O) groups excluding carboxylic acids is 2. The molecule has 0 aromatic carbocycles. The van der Waals surface area contributed by atoms with E-state index in [1.165, 1.54) is 11.9 Å². The Labute approximate surface area is 104 Å². The Balaban J connectivity index is 2.40. The Bertz CT molecular complexity index is 519. The molecular formula is C10H14N4O2S. The molecule has 7 heteroatoms. The molecule has 1 aliphatic rings. The first-order valence-corrected chi connectivity index (χ1v) is 5.93. The first kappa shape index (κ1) is 12.0. The molecule has 1 saturated heterocycles. The SMILES string of the molecule is CCc1n[nH]c(=S)n1C1CCC(=O)N(C)C1=O. The Hall–Kier alpha value is -1.50. The molecule has 2 rings (SSSR count). The fraction of sp³-hybridized carbons (Fsp3) is 0.600. The molecule has 2 heterocycles. The Morgan fingerprint density at radius 1 is 1.53 bits per heavy atom. The van der Waals surface area contributed by atoms with E-state index < -0.39 is 6.04 Å². The zero-order chi connectivity index (χ0) is 12.6. The molecule has 1 fully saturated rings. The number of hydrogen-bond acceptors (Lipinski definition) is 4. The summed E-state index contributed by atoms with van der Waals surface area (Å²) in [5, 5.41) is 6.77. The van der Waals surface area contributed by atoms with E-state index in [-0.39, 0.29) is 11.8 Å². The van der Waals surface area contributed by atoms with Crippen LogP contribution in [0.1, 0.15) is 31.6 Å². The summed E-state index contributed by atoms with van der Waals surface area (Å²) in [6.07, 6.45) is 1.54. The largest absolute Gasteiger partial charge is 0.291 e. The second-order valence-corrected chi connectivity index (χ2v) is 4.40. The summed E-state index contributed by atoms with van der Waals surface area (Å²) in [6, 6.07) is -0.404. The van der Waals surface area contributed by atoms with Crippen LogP contribution in [0.25, 0.3) is 0 Å². The fourth-order valence-corrected chi connectivity index (χ4v) is 2.32. The van der Waals surface area contributed by atoms with Gasteiger partial charge in [0, 0.05) is 19.9 Å². The van der Waals surface area contributed by atoms with Crippen molar-refractivity contribution in [2.75, 3.05) is 7.05 Å². The average molecular weight is 254 g/mol. The minimum atomic E-state index is -0.404. The van der Waals surface area contributed by atoms with E-state index in [4.69, 9.17) is 12.2 Å². The van der Waals surface area contributed by atoms with Crippen LogP contribution in [0.2, 0.25) is 0 Å². The lowest BCUT2D eigenvalue weighted by molar-refractivity contribution is -0.149. The van der Waals surface area contributed by atoms with Crippen molar-refractivity contribution in [3.8, 4) is 0 Å². The van der Waals surface area contributed by atoms with Crippen molar-refractivity contribution in [2.45, 2.75) is 32.2 Å². The van der Waals surface area contributed by atoms with E-state index >= 15 is 0 Å². The van der Waals surface area contributed by atoms with Crippen molar-refractivity contribution in [2.24, 2.45) is 0 Å². The van der Waals surface area contributed by atoms with Crippen LogP contribution < -0.4 is 0 Å². The Morgan fingerprint density at radius 2 is 2.24 bits per heavy atom. The van der Waals surface area contributed by atoms with E-state index in [1.807, 2.05) is 6.92 Å². The molecule has 0 saturated carbocycles. The molecule has 1 atom stereocenters. The Morgan fingerprint density at radius 3 is 2.88 bits per heavy atom. The normalized spacial score (nSPS) is 21.1. The van der Waals surface area contributed by atoms with Gasteiger partial charge >= 0.3 is 0 Å². The number of hydrogen-bond donors (Lipinski definition) is 1. The van der Waals surface area contributed by atoms with Gasteiger partial charge in [-0.2, -0.15) is 5.10 Å². The lowest BCUT2D eigenvalue weighted by atomic mass is 10.0. The standard InChI is InChI=1S/C10H14N4O2S/c1-3-7-11-12-10(17)14(7)6-4-5-8(15)13(2)9(6)16/h6H,3-5H2,1-2H3,(H,12,17). The van der Waals surface area contributed by atoms with Crippen LogP contribution in [-0.4, -0.2) is 38.5 Å². The molecule has 0 bridgehead atoms. The predicted molar refractivity (Wildman–Crippen MR) is 62.8 cm³/mol. The van der Waals surface area contributed by atoms with E-state index in [0.717, 1.165) is 5.82 Å². The molecule has 6 nitrogen and oxygen atoms in total. The van der Waals surface area contributed by atoms with Crippen LogP contribution in [-0.2, 0) is 16.0 Å². The van der Waals surface area contributed by atoms with Gasteiger partial charge in [-0.25, -0.2) is 0 Å². The highest BCUT2D eigenvalue weighted by Gasteiger charge is 2.34. The zero-order valence-electron chi connectivity index (χ0n) is 9.77. The molecular weight excluding hydrogens is 240 g/mol. The summed E-state index contributed by atoms with van der Waals surface area (Å²) >= 11 is 5.13. The average Bonchev–Trinajstić information content (AvgIpc) is 2.68. The quantitative estimate of drug-likeness (QED) is 0.626. The predicted octanol–water partition coefficient (Wildman–Crippen LogP) is 0.823. The Kier molecular flexibility index (Phi) is 3.10. The number of amides is 2. The first-order chi connectivity index (χ1) is 8.06. The number of aromatic nitrogens is 3. The van der Waals surface area contributed by atoms with Gasteiger partial charge in [0.25, 0.3) is 5.91 Å². The van der Waals surface area contributed by atoms with Crippen molar-refractivity contribution in [3.63, 3.8) is 0 Å². The molecule has 0 radical (unpaired) electrons. The molecule has 92 valence electrons. The highest BCUT2D eigenvalue weighted by atomic mass is 32.1. The smallest absolute Gasteiger partial charge is 0.252 e. The third-order valence-electron chi connectivity index (χ3n) is 3.03. The van der Waals surface area contributed by atoms with Gasteiger partial charge in [-0.15, -0.1) is 0 Å². The maximum atomic E-state index is 12.1. The number of likely N-dealkylation sites (N-methyl/N-ethyl adjacent to an activating group) is 1. The molecule has 0 spiro atoms. The van der Waals surface area contributed by atoms with E-state index in [2.05, 4.69) is 10.2 Å². The van der Waals surface area contributed by atoms with Gasteiger partial charge in [-0.3, -0.25) is 24.2 Å².